The topological polar surface area (TPSA) is 81.8 Å². The number of carbonyl (C=O) groups excluding carboxylic acids is 1. The SMILES string of the molecule is Cc1ccc(-n2ncc3c(=O)n(CCC(=O)Nc4ccc(F)cc4F)cnc32)cc1. The Kier molecular flexibility index (Phi) is 5.09. The Balaban J connectivity index is 1.51. The second-order valence-corrected chi connectivity index (χ2v) is 6.79. The molecule has 0 fully saturated rings. The predicted molar refractivity (Wildman–Crippen MR) is 107 cm³/mol. The van der Waals surface area contributed by atoms with Gasteiger partial charge in [0.05, 0.1) is 23.9 Å². The second kappa shape index (κ2) is 7.86. The third kappa shape index (κ3) is 3.82. The van der Waals surface area contributed by atoms with Gasteiger partial charge in [-0.25, -0.2) is 18.4 Å². The van der Waals surface area contributed by atoms with E-state index in [1.165, 1.54) is 17.1 Å². The van der Waals surface area contributed by atoms with Crippen LogP contribution in [0.15, 0.2) is 59.8 Å². The summed E-state index contributed by atoms with van der Waals surface area (Å²) in [6.07, 6.45) is 2.70. The molecule has 4 rings (SSSR count). The van der Waals surface area contributed by atoms with Gasteiger partial charge < -0.3 is 5.32 Å². The van der Waals surface area contributed by atoms with E-state index < -0.39 is 17.5 Å². The molecule has 0 atom stereocenters. The number of hydrogen-bond acceptors (Lipinski definition) is 4. The van der Waals surface area contributed by atoms with E-state index in [2.05, 4.69) is 15.4 Å². The summed E-state index contributed by atoms with van der Waals surface area (Å²) >= 11 is 0. The first-order chi connectivity index (χ1) is 14.4. The van der Waals surface area contributed by atoms with Crippen LogP contribution in [0.1, 0.15) is 12.0 Å². The predicted octanol–water partition coefficient (Wildman–Crippen LogP) is 3.20. The Morgan fingerprint density at radius 2 is 1.90 bits per heavy atom. The molecule has 152 valence electrons. The normalized spacial score (nSPS) is 11.0. The van der Waals surface area contributed by atoms with Crippen molar-refractivity contribution in [1.82, 2.24) is 19.3 Å². The van der Waals surface area contributed by atoms with Crippen LogP contribution in [0.2, 0.25) is 0 Å². The molecule has 30 heavy (non-hydrogen) atoms. The fourth-order valence-corrected chi connectivity index (χ4v) is 3.01. The third-order valence-electron chi connectivity index (χ3n) is 4.62. The quantitative estimate of drug-likeness (QED) is 0.549. The van der Waals surface area contributed by atoms with Crippen molar-refractivity contribution in [2.45, 2.75) is 19.9 Å². The van der Waals surface area contributed by atoms with E-state index in [1.54, 1.807) is 4.68 Å². The molecule has 0 aliphatic heterocycles. The summed E-state index contributed by atoms with van der Waals surface area (Å²) in [6.45, 7) is 2.02. The Labute approximate surface area is 169 Å². The molecule has 0 aliphatic rings. The molecule has 0 unspecified atom stereocenters. The summed E-state index contributed by atoms with van der Waals surface area (Å²) in [5, 5.41) is 6.94. The number of amides is 1. The van der Waals surface area contributed by atoms with E-state index in [0.29, 0.717) is 17.1 Å². The highest BCUT2D eigenvalue weighted by Gasteiger charge is 2.13. The number of carbonyl (C=O) groups is 1. The van der Waals surface area contributed by atoms with Crippen molar-refractivity contribution in [3.05, 3.63) is 82.5 Å². The zero-order valence-electron chi connectivity index (χ0n) is 16.0. The number of halogens is 2. The average molecular weight is 409 g/mol. The van der Waals surface area contributed by atoms with Crippen LogP contribution in [0.3, 0.4) is 0 Å². The van der Waals surface area contributed by atoms with Crippen molar-refractivity contribution in [2.24, 2.45) is 0 Å². The van der Waals surface area contributed by atoms with E-state index in [-0.39, 0.29) is 24.2 Å². The van der Waals surface area contributed by atoms with Crippen molar-refractivity contribution < 1.29 is 13.6 Å². The van der Waals surface area contributed by atoms with Crippen LogP contribution in [-0.4, -0.2) is 25.2 Å². The van der Waals surface area contributed by atoms with Gasteiger partial charge in [-0.05, 0) is 31.2 Å². The van der Waals surface area contributed by atoms with Crippen LogP contribution < -0.4 is 10.9 Å². The van der Waals surface area contributed by atoms with Crippen molar-refractivity contribution in [3.8, 4) is 5.69 Å². The van der Waals surface area contributed by atoms with Crippen molar-refractivity contribution in [2.75, 3.05) is 5.32 Å². The zero-order valence-corrected chi connectivity index (χ0v) is 16.0. The fourth-order valence-electron chi connectivity index (χ4n) is 3.01. The summed E-state index contributed by atoms with van der Waals surface area (Å²) in [6, 6.07) is 10.5. The lowest BCUT2D eigenvalue weighted by Crippen LogP contribution is -2.23. The molecule has 0 saturated carbocycles. The molecule has 0 saturated heterocycles. The summed E-state index contributed by atoms with van der Waals surface area (Å²) in [4.78, 5) is 29.1. The maximum atomic E-state index is 13.6. The molecule has 7 nitrogen and oxygen atoms in total. The molecule has 0 bridgehead atoms. The van der Waals surface area contributed by atoms with Crippen molar-refractivity contribution in [1.29, 1.82) is 0 Å². The highest BCUT2D eigenvalue weighted by atomic mass is 19.1. The van der Waals surface area contributed by atoms with Gasteiger partial charge in [0.2, 0.25) is 5.91 Å². The van der Waals surface area contributed by atoms with E-state index in [0.717, 1.165) is 23.4 Å². The van der Waals surface area contributed by atoms with Crippen LogP contribution in [0.4, 0.5) is 14.5 Å². The Morgan fingerprint density at radius 1 is 1.13 bits per heavy atom. The number of nitrogens with one attached hydrogen (secondary N) is 1. The number of aryl methyl sites for hydroxylation is 2. The first-order valence-corrected chi connectivity index (χ1v) is 9.17. The first-order valence-electron chi connectivity index (χ1n) is 9.17. The molecule has 1 N–H and O–H groups in total. The molecule has 2 aromatic carbocycles. The van der Waals surface area contributed by atoms with Crippen LogP contribution in [0.5, 0.6) is 0 Å². The number of benzene rings is 2. The minimum atomic E-state index is -0.868. The third-order valence-corrected chi connectivity index (χ3v) is 4.62. The first kappa shape index (κ1) is 19.4. The number of rotatable bonds is 5. The Bertz CT molecular complexity index is 1300. The minimum Gasteiger partial charge on any atom is -0.324 e. The van der Waals surface area contributed by atoms with Gasteiger partial charge in [0, 0.05) is 19.0 Å². The van der Waals surface area contributed by atoms with Gasteiger partial charge in [0.25, 0.3) is 5.56 Å². The summed E-state index contributed by atoms with van der Waals surface area (Å²) in [7, 11) is 0. The number of anilines is 1. The lowest BCUT2D eigenvalue weighted by Gasteiger charge is -2.08. The van der Waals surface area contributed by atoms with Crippen LogP contribution in [0, 0.1) is 18.6 Å². The molecule has 0 radical (unpaired) electrons. The summed E-state index contributed by atoms with van der Waals surface area (Å²) < 4.78 is 29.5. The van der Waals surface area contributed by atoms with E-state index in [9.17, 15) is 18.4 Å². The summed E-state index contributed by atoms with van der Waals surface area (Å²) in [5.74, 6) is -2.11. The van der Waals surface area contributed by atoms with Gasteiger partial charge in [0.15, 0.2) is 5.65 Å². The highest BCUT2D eigenvalue weighted by molar-refractivity contribution is 5.90. The monoisotopic (exact) mass is 409 g/mol. The molecular formula is C21H17F2N5O2. The molecule has 2 heterocycles. The largest absolute Gasteiger partial charge is 0.324 e. The maximum Gasteiger partial charge on any atom is 0.264 e. The average Bonchev–Trinajstić information content (AvgIpc) is 3.15. The van der Waals surface area contributed by atoms with Crippen molar-refractivity contribution in [3.63, 3.8) is 0 Å². The lowest BCUT2D eigenvalue weighted by molar-refractivity contribution is -0.116. The summed E-state index contributed by atoms with van der Waals surface area (Å²) in [5.41, 5.74) is 1.84. The molecule has 4 aromatic rings. The number of hydrogen-bond donors (Lipinski definition) is 1. The fraction of sp³-hybridized carbons (Fsp3) is 0.143. The highest BCUT2D eigenvalue weighted by Crippen LogP contribution is 2.16. The van der Waals surface area contributed by atoms with Gasteiger partial charge in [-0.2, -0.15) is 5.10 Å². The molecule has 2 aromatic heterocycles. The molecule has 0 spiro atoms. The molecule has 9 heteroatoms. The Morgan fingerprint density at radius 3 is 2.63 bits per heavy atom. The maximum absolute atomic E-state index is 13.6. The van der Waals surface area contributed by atoms with Crippen LogP contribution in [0.25, 0.3) is 16.7 Å². The minimum absolute atomic E-state index is 0.0478. The number of nitrogens with zero attached hydrogens (tertiary/aromatic N) is 4. The van der Waals surface area contributed by atoms with E-state index >= 15 is 0 Å². The smallest absolute Gasteiger partial charge is 0.264 e. The second-order valence-electron chi connectivity index (χ2n) is 6.79. The Hall–Kier alpha value is -3.88. The van der Waals surface area contributed by atoms with Crippen LogP contribution >= 0.6 is 0 Å². The van der Waals surface area contributed by atoms with Crippen molar-refractivity contribution >= 4 is 22.6 Å². The molecule has 0 aliphatic carbocycles. The van der Waals surface area contributed by atoms with Gasteiger partial charge >= 0.3 is 0 Å². The standard InChI is InChI=1S/C21H17F2N5O2/c1-13-2-5-15(6-3-13)28-20-16(11-25-28)21(30)27(12-24-20)9-8-19(29)26-18-7-4-14(22)10-17(18)23/h2-7,10-12H,8-9H2,1H3,(H,26,29). The van der Waals surface area contributed by atoms with E-state index in [4.69, 9.17) is 0 Å². The lowest BCUT2D eigenvalue weighted by atomic mass is 10.2. The molecule has 1 amide bonds. The zero-order chi connectivity index (χ0) is 21.3. The van der Waals surface area contributed by atoms with Crippen LogP contribution in [-0.2, 0) is 11.3 Å². The number of fused-ring (bicyclic) bond motifs is 1. The molecular weight excluding hydrogens is 392 g/mol. The van der Waals surface area contributed by atoms with Gasteiger partial charge in [-0.15, -0.1) is 0 Å². The van der Waals surface area contributed by atoms with Gasteiger partial charge in [-0.3, -0.25) is 14.2 Å². The number of aromatic nitrogens is 4. The van der Waals surface area contributed by atoms with Gasteiger partial charge in [0.1, 0.15) is 17.0 Å². The van der Waals surface area contributed by atoms with Gasteiger partial charge in [-0.1, -0.05) is 17.7 Å². The van der Waals surface area contributed by atoms with E-state index in [1.807, 2.05) is 31.2 Å².